The first-order valence-electron chi connectivity index (χ1n) is 7.62. The molecule has 2 nitrogen and oxygen atoms in total. The lowest BCUT2D eigenvalue weighted by molar-refractivity contribution is 0.135. The van der Waals surface area contributed by atoms with Crippen LogP contribution in [0.25, 0.3) is 0 Å². The van der Waals surface area contributed by atoms with Gasteiger partial charge in [0.25, 0.3) is 0 Å². The van der Waals surface area contributed by atoms with Crippen LogP contribution in [0.15, 0.2) is 0 Å². The molecule has 0 atom stereocenters. The van der Waals surface area contributed by atoms with E-state index in [2.05, 4.69) is 37.9 Å². The molecule has 0 amide bonds. The molecule has 1 rings (SSSR count). The standard InChI is InChI=1S/C15H32N2/c1-5-15(6-2,12-16-7-3)13-17(8-4)11-14-9-10-14/h14,16H,5-13H2,1-4H3. The Morgan fingerprint density at radius 3 is 2.18 bits per heavy atom. The maximum Gasteiger partial charge on any atom is 0.00499 e. The number of hydrogen-bond acceptors (Lipinski definition) is 2. The quantitative estimate of drug-likeness (QED) is 0.631. The van der Waals surface area contributed by atoms with Crippen LogP contribution in [0.3, 0.4) is 0 Å². The van der Waals surface area contributed by atoms with E-state index in [9.17, 15) is 0 Å². The molecule has 1 saturated carbocycles. The van der Waals surface area contributed by atoms with E-state index in [1.807, 2.05) is 0 Å². The molecule has 0 aliphatic heterocycles. The Hall–Kier alpha value is -0.0800. The Balaban J connectivity index is 2.48. The van der Waals surface area contributed by atoms with Crippen LogP contribution in [0.4, 0.5) is 0 Å². The average molecular weight is 240 g/mol. The van der Waals surface area contributed by atoms with Crippen molar-refractivity contribution in [3.63, 3.8) is 0 Å². The fourth-order valence-electron chi connectivity index (χ4n) is 2.62. The molecule has 0 heterocycles. The summed E-state index contributed by atoms with van der Waals surface area (Å²) in [5.41, 5.74) is 0.487. The Kier molecular flexibility index (Phi) is 6.50. The van der Waals surface area contributed by atoms with E-state index in [-0.39, 0.29) is 0 Å². The Labute approximate surface area is 108 Å². The number of rotatable bonds is 10. The van der Waals surface area contributed by atoms with Crippen LogP contribution in [-0.2, 0) is 0 Å². The second-order valence-electron chi connectivity index (χ2n) is 5.76. The third-order valence-corrected chi connectivity index (χ3v) is 4.47. The summed E-state index contributed by atoms with van der Waals surface area (Å²) in [4.78, 5) is 2.68. The molecule has 0 radical (unpaired) electrons. The van der Waals surface area contributed by atoms with Crippen LogP contribution in [-0.4, -0.2) is 37.6 Å². The second kappa shape index (κ2) is 7.38. The fraction of sp³-hybridized carbons (Fsp3) is 1.00. The van der Waals surface area contributed by atoms with Gasteiger partial charge in [-0.25, -0.2) is 0 Å². The van der Waals surface area contributed by atoms with Gasteiger partial charge in [-0.2, -0.15) is 0 Å². The van der Waals surface area contributed by atoms with Gasteiger partial charge in [-0.3, -0.25) is 0 Å². The van der Waals surface area contributed by atoms with Gasteiger partial charge in [-0.15, -0.1) is 0 Å². The highest BCUT2D eigenvalue weighted by atomic mass is 15.1. The molecule has 0 spiro atoms. The van der Waals surface area contributed by atoms with Crippen molar-refractivity contribution >= 4 is 0 Å². The largest absolute Gasteiger partial charge is 0.316 e. The van der Waals surface area contributed by atoms with Crippen molar-refractivity contribution in [3.8, 4) is 0 Å². The van der Waals surface area contributed by atoms with Crippen molar-refractivity contribution in [1.82, 2.24) is 10.2 Å². The van der Waals surface area contributed by atoms with Crippen molar-refractivity contribution < 1.29 is 0 Å². The lowest BCUT2D eigenvalue weighted by Crippen LogP contribution is -2.44. The summed E-state index contributed by atoms with van der Waals surface area (Å²) in [6, 6.07) is 0. The molecule has 0 unspecified atom stereocenters. The minimum atomic E-state index is 0.487. The molecule has 0 aromatic rings. The van der Waals surface area contributed by atoms with Crippen LogP contribution >= 0.6 is 0 Å². The zero-order chi connectivity index (χ0) is 12.7. The molecule has 0 aromatic heterocycles. The highest BCUT2D eigenvalue weighted by Gasteiger charge is 2.30. The van der Waals surface area contributed by atoms with E-state index in [1.54, 1.807) is 0 Å². The zero-order valence-corrected chi connectivity index (χ0v) is 12.4. The van der Waals surface area contributed by atoms with E-state index in [0.717, 1.165) is 12.5 Å². The van der Waals surface area contributed by atoms with Gasteiger partial charge in [0.05, 0.1) is 0 Å². The molecule has 1 fully saturated rings. The van der Waals surface area contributed by atoms with Crippen LogP contribution < -0.4 is 5.32 Å². The summed E-state index contributed by atoms with van der Waals surface area (Å²) in [5, 5.41) is 3.56. The lowest BCUT2D eigenvalue weighted by Gasteiger charge is -2.37. The molecule has 2 heteroatoms. The molecule has 17 heavy (non-hydrogen) atoms. The molecule has 102 valence electrons. The summed E-state index contributed by atoms with van der Waals surface area (Å²) < 4.78 is 0. The van der Waals surface area contributed by atoms with Gasteiger partial charge in [0.2, 0.25) is 0 Å². The van der Waals surface area contributed by atoms with Gasteiger partial charge in [0, 0.05) is 19.6 Å². The molecule has 1 aliphatic carbocycles. The minimum absolute atomic E-state index is 0.487. The third-order valence-electron chi connectivity index (χ3n) is 4.47. The van der Waals surface area contributed by atoms with Crippen molar-refractivity contribution in [2.24, 2.45) is 11.3 Å². The zero-order valence-electron chi connectivity index (χ0n) is 12.4. The molecule has 1 N–H and O–H groups in total. The van der Waals surface area contributed by atoms with Crippen LogP contribution in [0, 0.1) is 11.3 Å². The summed E-state index contributed by atoms with van der Waals surface area (Å²) in [6.45, 7) is 15.3. The van der Waals surface area contributed by atoms with Crippen LogP contribution in [0.2, 0.25) is 0 Å². The number of nitrogens with zero attached hydrogens (tertiary/aromatic N) is 1. The Morgan fingerprint density at radius 2 is 1.76 bits per heavy atom. The molecule has 0 aromatic carbocycles. The first-order chi connectivity index (χ1) is 8.19. The predicted molar refractivity (Wildman–Crippen MR) is 76.4 cm³/mol. The smallest absolute Gasteiger partial charge is 0.00499 e. The van der Waals surface area contributed by atoms with Gasteiger partial charge < -0.3 is 10.2 Å². The van der Waals surface area contributed by atoms with E-state index in [1.165, 1.54) is 51.9 Å². The first-order valence-corrected chi connectivity index (χ1v) is 7.62. The minimum Gasteiger partial charge on any atom is -0.316 e. The number of nitrogens with one attached hydrogen (secondary N) is 1. The summed E-state index contributed by atoms with van der Waals surface area (Å²) in [7, 11) is 0. The van der Waals surface area contributed by atoms with Crippen molar-refractivity contribution in [3.05, 3.63) is 0 Å². The molecular weight excluding hydrogens is 208 g/mol. The summed E-state index contributed by atoms with van der Waals surface area (Å²) >= 11 is 0. The average Bonchev–Trinajstić information content (AvgIpc) is 3.17. The Morgan fingerprint density at radius 1 is 1.12 bits per heavy atom. The van der Waals surface area contributed by atoms with Crippen molar-refractivity contribution in [1.29, 1.82) is 0 Å². The van der Waals surface area contributed by atoms with E-state index in [0.29, 0.717) is 5.41 Å². The van der Waals surface area contributed by atoms with E-state index >= 15 is 0 Å². The summed E-state index contributed by atoms with van der Waals surface area (Å²) in [5.74, 6) is 1.01. The second-order valence-corrected chi connectivity index (χ2v) is 5.76. The van der Waals surface area contributed by atoms with Gasteiger partial charge in [0.1, 0.15) is 0 Å². The van der Waals surface area contributed by atoms with Gasteiger partial charge in [-0.1, -0.05) is 27.7 Å². The van der Waals surface area contributed by atoms with Gasteiger partial charge in [-0.05, 0) is 50.1 Å². The molecular formula is C15H32N2. The highest BCUT2D eigenvalue weighted by molar-refractivity contribution is 4.85. The maximum atomic E-state index is 3.56. The van der Waals surface area contributed by atoms with E-state index in [4.69, 9.17) is 0 Å². The monoisotopic (exact) mass is 240 g/mol. The SMILES string of the molecule is CCNCC(CC)(CC)CN(CC)CC1CC1. The normalized spacial score (nSPS) is 16.8. The third kappa shape index (κ3) is 4.97. The van der Waals surface area contributed by atoms with Crippen LogP contribution in [0.5, 0.6) is 0 Å². The first kappa shape index (κ1) is 15.0. The molecule has 0 bridgehead atoms. The maximum absolute atomic E-state index is 3.56. The number of hydrogen-bond donors (Lipinski definition) is 1. The highest BCUT2D eigenvalue weighted by Crippen LogP contribution is 2.32. The lowest BCUT2D eigenvalue weighted by atomic mass is 9.81. The summed E-state index contributed by atoms with van der Waals surface area (Å²) in [6.07, 6.45) is 5.51. The topological polar surface area (TPSA) is 15.3 Å². The Bertz CT molecular complexity index is 195. The van der Waals surface area contributed by atoms with Gasteiger partial charge >= 0.3 is 0 Å². The fourth-order valence-corrected chi connectivity index (χ4v) is 2.62. The van der Waals surface area contributed by atoms with E-state index < -0.39 is 0 Å². The van der Waals surface area contributed by atoms with Crippen molar-refractivity contribution in [2.75, 3.05) is 32.7 Å². The van der Waals surface area contributed by atoms with Gasteiger partial charge in [0.15, 0.2) is 0 Å². The molecule has 0 saturated heterocycles. The van der Waals surface area contributed by atoms with Crippen LogP contribution in [0.1, 0.15) is 53.4 Å². The molecule has 1 aliphatic rings. The predicted octanol–water partition coefficient (Wildman–Crippen LogP) is 3.13. The van der Waals surface area contributed by atoms with Crippen molar-refractivity contribution in [2.45, 2.75) is 53.4 Å².